The molecular weight excluding hydrogens is 257 g/mol. The Morgan fingerprint density at radius 2 is 2.13 bits per heavy atom. The zero-order chi connectivity index (χ0) is 11.5. The molecule has 0 bridgehead atoms. The predicted octanol–water partition coefficient (Wildman–Crippen LogP) is 3.65. The zero-order valence-corrected chi connectivity index (χ0v) is 10.8. The molecule has 1 unspecified atom stereocenters. The summed E-state index contributed by atoms with van der Waals surface area (Å²) in [6.45, 7) is 4.11. The van der Waals surface area contributed by atoms with Crippen LogP contribution in [-0.4, -0.2) is 5.54 Å². The highest BCUT2D eigenvalue weighted by molar-refractivity contribution is 9.10. The molecule has 2 N–H and O–H groups in total. The molecule has 1 aromatic rings. The van der Waals surface area contributed by atoms with Crippen LogP contribution in [0.4, 0.5) is 4.39 Å². The smallest absolute Gasteiger partial charge is 0.137 e. The van der Waals surface area contributed by atoms with E-state index in [-0.39, 0.29) is 11.4 Å². The molecule has 0 aromatic heterocycles. The average molecular weight is 274 g/mol. The van der Waals surface area contributed by atoms with Crippen LogP contribution in [0.3, 0.4) is 0 Å². The molecule has 0 aliphatic carbocycles. The lowest BCUT2D eigenvalue weighted by molar-refractivity contribution is 0.423. The van der Waals surface area contributed by atoms with Crippen LogP contribution in [0.5, 0.6) is 0 Å². The first kappa shape index (κ1) is 12.7. The molecule has 3 heteroatoms. The first-order valence-electron chi connectivity index (χ1n) is 5.18. The third kappa shape index (κ3) is 3.58. The topological polar surface area (TPSA) is 26.0 Å². The maximum atomic E-state index is 13.3. The van der Waals surface area contributed by atoms with Crippen LogP contribution in [0.25, 0.3) is 0 Å². The van der Waals surface area contributed by atoms with E-state index in [1.165, 1.54) is 6.07 Å². The minimum absolute atomic E-state index is 0.222. The van der Waals surface area contributed by atoms with Gasteiger partial charge in [-0.15, -0.1) is 0 Å². The Balaban J connectivity index is 2.85. The van der Waals surface area contributed by atoms with Crippen molar-refractivity contribution in [3.8, 4) is 0 Å². The van der Waals surface area contributed by atoms with E-state index in [2.05, 4.69) is 22.9 Å². The Morgan fingerprint density at radius 3 is 2.73 bits per heavy atom. The van der Waals surface area contributed by atoms with Crippen LogP contribution >= 0.6 is 15.9 Å². The van der Waals surface area contributed by atoms with Gasteiger partial charge >= 0.3 is 0 Å². The Bertz CT molecular complexity index is 336. The molecule has 15 heavy (non-hydrogen) atoms. The molecule has 0 heterocycles. The summed E-state index contributed by atoms with van der Waals surface area (Å²) in [5.41, 5.74) is 6.81. The van der Waals surface area contributed by atoms with Gasteiger partial charge in [0.15, 0.2) is 0 Å². The SMILES string of the molecule is CCCC(C)(N)Cc1cccc(F)c1Br. The van der Waals surface area contributed by atoms with Gasteiger partial charge in [0.1, 0.15) is 5.82 Å². The van der Waals surface area contributed by atoms with Crippen molar-refractivity contribution in [1.82, 2.24) is 0 Å². The summed E-state index contributed by atoms with van der Waals surface area (Å²) >= 11 is 3.25. The van der Waals surface area contributed by atoms with Gasteiger partial charge in [-0.05, 0) is 47.3 Å². The van der Waals surface area contributed by atoms with Crippen molar-refractivity contribution in [3.63, 3.8) is 0 Å². The van der Waals surface area contributed by atoms with Gasteiger partial charge in [0.2, 0.25) is 0 Å². The van der Waals surface area contributed by atoms with E-state index in [4.69, 9.17) is 5.73 Å². The zero-order valence-electron chi connectivity index (χ0n) is 9.19. The average Bonchev–Trinajstić information content (AvgIpc) is 2.12. The Kier molecular flexibility index (Phi) is 4.29. The van der Waals surface area contributed by atoms with Gasteiger partial charge in [0, 0.05) is 5.54 Å². The third-order valence-electron chi connectivity index (χ3n) is 2.45. The number of nitrogens with two attached hydrogens (primary N) is 1. The van der Waals surface area contributed by atoms with Crippen molar-refractivity contribution < 1.29 is 4.39 Å². The monoisotopic (exact) mass is 273 g/mol. The number of rotatable bonds is 4. The summed E-state index contributed by atoms with van der Waals surface area (Å²) in [4.78, 5) is 0. The molecular formula is C12H17BrFN. The van der Waals surface area contributed by atoms with Gasteiger partial charge in [-0.2, -0.15) is 0 Å². The molecule has 0 radical (unpaired) electrons. The number of hydrogen-bond acceptors (Lipinski definition) is 1. The van der Waals surface area contributed by atoms with Crippen LogP contribution in [-0.2, 0) is 6.42 Å². The van der Waals surface area contributed by atoms with Crippen molar-refractivity contribution >= 4 is 15.9 Å². The summed E-state index contributed by atoms with van der Waals surface area (Å²) in [5, 5.41) is 0. The highest BCUT2D eigenvalue weighted by Crippen LogP contribution is 2.25. The van der Waals surface area contributed by atoms with E-state index in [0.717, 1.165) is 18.4 Å². The summed E-state index contributed by atoms with van der Waals surface area (Å²) < 4.78 is 13.8. The van der Waals surface area contributed by atoms with Gasteiger partial charge in [0.25, 0.3) is 0 Å². The van der Waals surface area contributed by atoms with Crippen LogP contribution in [0.2, 0.25) is 0 Å². The lowest BCUT2D eigenvalue weighted by atomic mass is 9.89. The summed E-state index contributed by atoms with van der Waals surface area (Å²) in [6, 6.07) is 5.08. The van der Waals surface area contributed by atoms with E-state index >= 15 is 0 Å². The van der Waals surface area contributed by atoms with Crippen molar-refractivity contribution in [2.75, 3.05) is 0 Å². The fourth-order valence-electron chi connectivity index (χ4n) is 1.78. The van der Waals surface area contributed by atoms with Crippen LogP contribution in [0, 0.1) is 5.82 Å². The largest absolute Gasteiger partial charge is 0.325 e. The van der Waals surface area contributed by atoms with E-state index in [1.807, 2.05) is 13.0 Å². The molecule has 0 amide bonds. The van der Waals surface area contributed by atoms with E-state index in [0.29, 0.717) is 10.9 Å². The van der Waals surface area contributed by atoms with Gasteiger partial charge < -0.3 is 5.73 Å². The van der Waals surface area contributed by atoms with Crippen molar-refractivity contribution in [2.24, 2.45) is 5.73 Å². The number of hydrogen-bond donors (Lipinski definition) is 1. The van der Waals surface area contributed by atoms with E-state index in [1.54, 1.807) is 6.07 Å². The standard InChI is InChI=1S/C12H17BrFN/c1-3-7-12(2,15)8-9-5-4-6-10(14)11(9)13/h4-6H,3,7-8,15H2,1-2H3. The summed E-state index contributed by atoms with van der Waals surface area (Å²) in [5.74, 6) is -0.222. The quantitative estimate of drug-likeness (QED) is 0.891. The Hall–Kier alpha value is -0.410. The molecule has 1 rings (SSSR count). The molecule has 1 aromatic carbocycles. The maximum absolute atomic E-state index is 13.3. The third-order valence-corrected chi connectivity index (χ3v) is 3.34. The molecule has 0 saturated carbocycles. The van der Waals surface area contributed by atoms with E-state index < -0.39 is 0 Å². The first-order valence-corrected chi connectivity index (χ1v) is 5.97. The lowest BCUT2D eigenvalue weighted by Crippen LogP contribution is -2.38. The molecule has 0 spiro atoms. The Labute approximate surface area is 99.0 Å². The molecule has 0 fully saturated rings. The fourth-order valence-corrected chi connectivity index (χ4v) is 2.18. The second-order valence-corrected chi connectivity index (χ2v) is 5.09. The van der Waals surface area contributed by atoms with Crippen molar-refractivity contribution in [1.29, 1.82) is 0 Å². The summed E-state index contributed by atoms with van der Waals surface area (Å²) in [7, 11) is 0. The second kappa shape index (κ2) is 5.08. The Morgan fingerprint density at radius 1 is 1.47 bits per heavy atom. The van der Waals surface area contributed by atoms with Gasteiger partial charge in [-0.25, -0.2) is 4.39 Å². The van der Waals surface area contributed by atoms with Gasteiger partial charge in [-0.1, -0.05) is 25.5 Å². The molecule has 0 aliphatic rings. The van der Waals surface area contributed by atoms with Crippen molar-refractivity contribution in [3.05, 3.63) is 34.1 Å². The first-order chi connectivity index (χ1) is 6.96. The molecule has 0 saturated heterocycles. The molecule has 84 valence electrons. The fraction of sp³-hybridized carbons (Fsp3) is 0.500. The minimum Gasteiger partial charge on any atom is -0.325 e. The van der Waals surface area contributed by atoms with Crippen molar-refractivity contribution in [2.45, 2.75) is 38.6 Å². The maximum Gasteiger partial charge on any atom is 0.137 e. The second-order valence-electron chi connectivity index (χ2n) is 4.29. The summed E-state index contributed by atoms with van der Waals surface area (Å²) in [6.07, 6.45) is 2.68. The highest BCUT2D eigenvalue weighted by atomic mass is 79.9. The minimum atomic E-state index is -0.259. The molecule has 1 nitrogen and oxygen atoms in total. The molecule has 1 atom stereocenters. The van der Waals surface area contributed by atoms with Crippen LogP contribution in [0.15, 0.2) is 22.7 Å². The number of benzene rings is 1. The normalized spacial score (nSPS) is 15.0. The van der Waals surface area contributed by atoms with Crippen LogP contribution in [0.1, 0.15) is 32.3 Å². The van der Waals surface area contributed by atoms with Crippen LogP contribution < -0.4 is 5.73 Å². The highest BCUT2D eigenvalue weighted by Gasteiger charge is 2.19. The molecule has 0 aliphatic heterocycles. The van der Waals surface area contributed by atoms with E-state index in [9.17, 15) is 4.39 Å². The van der Waals surface area contributed by atoms with Gasteiger partial charge in [-0.3, -0.25) is 0 Å². The van der Waals surface area contributed by atoms with Gasteiger partial charge in [0.05, 0.1) is 4.47 Å². The lowest BCUT2D eigenvalue weighted by Gasteiger charge is -2.24. The predicted molar refractivity (Wildman–Crippen MR) is 65.3 cm³/mol. The number of halogens is 2.